The van der Waals surface area contributed by atoms with E-state index in [0.717, 1.165) is 22.3 Å². The summed E-state index contributed by atoms with van der Waals surface area (Å²) in [6.07, 6.45) is 0.717. The highest BCUT2D eigenvalue weighted by atomic mass is 32.2. The molecule has 3 heterocycles. The van der Waals surface area contributed by atoms with Gasteiger partial charge < -0.3 is 14.6 Å². The highest BCUT2D eigenvalue weighted by Gasteiger charge is 2.48. The number of aromatic nitrogens is 2. The summed E-state index contributed by atoms with van der Waals surface area (Å²) in [6, 6.07) is 25.9. The Balaban J connectivity index is 1.25. The molecule has 2 aliphatic rings. The van der Waals surface area contributed by atoms with Gasteiger partial charge in [0.1, 0.15) is 23.4 Å². The van der Waals surface area contributed by atoms with E-state index in [-0.39, 0.29) is 22.6 Å². The van der Waals surface area contributed by atoms with E-state index < -0.39 is 17.7 Å². The van der Waals surface area contributed by atoms with Crippen LogP contribution in [0.15, 0.2) is 94.8 Å². The monoisotopic (exact) mass is 621 g/mol. The first-order chi connectivity index (χ1) is 21.4. The predicted octanol–water partition coefficient (Wildman–Crippen LogP) is 6.94. The number of carbonyl (C=O) groups excluding carboxylic acids is 2. The fourth-order valence-electron chi connectivity index (χ4n) is 5.77. The molecule has 1 N–H and O–H groups in total. The van der Waals surface area contributed by atoms with Crippen LogP contribution in [-0.4, -0.2) is 40.2 Å². The molecule has 4 aromatic carbocycles. The molecule has 0 unspecified atom stereocenters. The molecule has 0 spiro atoms. The number of fused-ring (bicyclic) bond motifs is 2. The van der Waals surface area contributed by atoms with Crippen molar-refractivity contribution in [3.63, 3.8) is 0 Å². The lowest BCUT2D eigenvalue weighted by Gasteiger charge is -2.22. The standard InChI is InChI=1S/C34H27N3O5S2/c1-19-16-24-17-22(12-15-27(24)42-19)30(38)28-29(21-10-13-25(41-2)14-11-21)37(32(40)31(28)39)33-35-36-34(44-33)43-18-23-8-5-7-20-6-3-4-9-26(20)23/h3-15,17,19,29,38H,16,18H2,1-2H3/t19-,29+/m0/s1. The SMILES string of the molecule is COc1ccc([C@@H]2C(=C(O)c3ccc4c(c3)C[C@H](C)O4)C(=O)C(=O)N2c2nnc(SCc3cccc4ccccc34)s2)cc1. The van der Waals surface area contributed by atoms with Crippen molar-refractivity contribution in [3.05, 3.63) is 113 Å². The third-order valence-corrected chi connectivity index (χ3v) is 9.98. The van der Waals surface area contributed by atoms with E-state index >= 15 is 0 Å². The minimum Gasteiger partial charge on any atom is -0.507 e. The fraction of sp³-hybridized carbons (Fsp3) is 0.176. The highest BCUT2D eigenvalue weighted by Crippen LogP contribution is 2.45. The van der Waals surface area contributed by atoms with Gasteiger partial charge in [0, 0.05) is 17.7 Å². The van der Waals surface area contributed by atoms with Crippen LogP contribution in [0.25, 0.3) is 16.5 Å². The Kier molecular flexibility index (Phi) is 7.31. The Morgan fingerprint density at radius 1 is 1.05 bits per heavy atom. The smallest absolute Gasteiger partial charge is 0.301 e. The Morgan fingerprint density at radius 3 is 2.66 bits per heavy atom. The fourth-order valence-corrected chi connectivity index (χ4v) is 7.64. The molecule has 1 fully saturated rings. The Hall–Kier alpha value is -4.67. The van der Waals surface area contributed by atoms with E-state index in [4.69, 9.17) is 9.47 Å². The van der Waals surface area contributed by atoms with E-state index in [0.29, 0.717) is 33.4 Å². The summed E-state index contributed by atoms with van der Waals surface area (Å²) in [6.45, 7) is 1.98. The largest absolute Gasteiger partial charge is 0.507 e. The number of ether oxygens (including phenoxy) is 2. The number of rotatable bonds is 7. The normalized spacial score (nSPS) is 18.9. The molecule has 0 aliphatic carbocycles. The van der Waals surface area contributed by atoms with Crippen LogP contribution in [0, 0.1) is 0 Å². The van der Waals surface area contributed by atoms with Gasteiger partial charge in [0.2, 0.25) is 5.13 Å². The van der Waals surface area contributed by atoms with Crippen molar-refractivity contribution in [1.29, 1.82) is 0 Å². The molecule has 1 saturated heterocycles. The van der Waals surface area contributed by atoms with Crippen molar-refractivity contribution in [2.45, 2.75) is 35.6 Å². The summed E-state index contributed by atoms with van der Waals surface area (Å²) in [5, 5.41) is 22.9. The van der Waals surface area contributed by atoms with Crippen molar-refractivity contribution in [3.8, 4) is 11.5 Å². The van der Waals surface area contributed by atoms with Gasteiger partial charge in [0.25, 0.3) is 5.78 Å². The second kappa shape index (κ2) is 11.4. The number of hydrogen-bond acceptors (Lipinski definition) is 9. The molecule has 2 atom stereocenters. The van der Waals surface area contributed by atoms with Gasteiger partial charge in [0.05, 0.1) is 18.7 Å². The molecule has 5 aromatic rings. The number of Topliss-reactive ketones (excluding diaryl/α,β-unsaturated/α-hetero) is 1. The van der Waals surface area contributed by atoms with Gasteiger partial charge in [0.15, 0.2) is 4.34 Å². The van der Waals surface area contributed by atoms with Crippen molar-refractivity contribution in [2.75, 3.05) is 12.0 Å². The van der Waals surface area contributed by atoms with E-state index in [1.807, 2.05) is 31.2 Å². The molecule has 220 valence electrons. The molecule has 1 aromatic heterocycles. The van der Waals surface area contributed by atoms with Gasteiger partial charge >= 0.3 is 5.91 Å². The number of carbonyl (C=O) groups is 2. The third-order valence-electron chi connectivity index (χ3n) is 7.88. The van der Waals surface area contributed by atoms with Gasteiger partial charge in [-0.05, 0) is 64.7 Å². The summed E-state index contributed by atoms with van der Waals surface area (Å²) in [4.78, 5) is 28.6. The number of nitrogens with zero attached hydrogens (tertiary/aromatic N) is 3. The van der Waals surface area contributed by atoms with Crippen molar-refractivity contribution in [2.24, 2.45) is 0 Å². The number of hydrogen-bond donors (Lipinski definition) is 1. The Bertz CT molecular complexity index is 1950. The summed E-state index contributed by atoms with van der Waals surface area (Å²) in [7, 11) is 1.57. The zero-order chi connectivity index (χ0) is 30.4. The molecule has 0 radical (unpaired) electrons. The molecule has 0 saturated carbocycles. The summed E-state index contributed by atoms with van der Waals surface area (Å²) in [5.41, 5.74) is 3.17. The summed E-state index contributed by atoms with van der Waals surface area (Å²) in [5.74, 6) is 0.243. The second-order valence-electron chi connectivity index (χ2n) is 10.7. The Labute approximate surface area is 262 Å². The molecule has 8 nitrogen and oxygen atoms in total. The topological polar surface area (TPSA) is 102 Å². The number of thioether (sulfide) groups is 1. The molecule has 0 bridgehead atoms. The van der Waals surface area contributed by atoms with E-state index in [9.17, 15) is 14.7 Å². The van der Waals surface area contributed by atoms with Gasteiger partial charge in [-0.2, -0.15) is 0 Å². The van der Waals surface area contributed by atoms with Gasteiger partial charge in [-0.3, -0.25) is 14.5 Å². The van der Waals surface area contributed by atoms with E-state index in [1.54, 1.807) is 43.5 Å². The van der Waals surface area contributed by atoms with Crippen LogP contribution in [0.1, 0.15) is 35.2 Å². The van der Waals surface area contributed by atoms with Gasteiger partial charge in [-0.15, -0.1) is 10.2 Å². The number of aliphatic hydroxyl groups excluding tert-OH is 1. The van der Waals surface area contributed by atoms with E-state index in [1.165, 1.54) is 33.4 Å². The first-order valence-electron chi connectivity index (χ1n) is 14.1. The first kappa shape index (κ1) is 28.1. The van der Waals surface area contributed by atoms with Crippen LogP contribution in [0.3, 0.4) is 0 Å². The maximum Gasteiger partial charge on any atom is 0.301 e. The minimum atomic E-state index is -0.909. The maximum absolute atomic E-state index is 13.6. The average molecular weight is 622 g/mol. The molecule has 44 heavy (non-hydrogen) atoms. The number of anilines is 1. The lowest BCUT2D eigenvalue weighted by Crippen LogP contribution is -2.29. The lowest BCUT2D eigenvalue weighted by molar-refractivity contribution is -0.132. The minimum absolute atomic E-state index is 0.00719. The number of amides is 1. The zero-order valence-electron chi connectivity index (χ0n) is 23.9. The van der Waals surface area contributed by atoms with Crippen LogP contribution < -0.4 is 14.4 Å². The van der Waals surface area contributed by atoms with Crippen LogP contribution in [0.4, 0.5) is 5.13 Å². The van der Waals surface area contributed by atoms with E-state index in [2.05, 4.69) is 34.5 Å². The van der Waals surface area contributed by atoms with Crippen LogP contribution in [0.2, 0.25) is 0 Å². The number of ketones is 1. The average Bonchev–Trinajstić information content (AvgIpc) is 3.74. The second-order valence-corrected chi connectivity index (χ2v) is 12.9. The number of methoxy groups -OCH3 is 1. The molecule has 2 aliphatic heterocycles. The summed E-state index contributed by atoms with van der Waals surface area (Å²) < 4.78 is 11.8. The zero-order valence-corrected chi connectivity index (χ0v) is 25.5. The third kappa shape index (κ3) is 4.99. The molecular weight excluding hydrogens is 595 g/mol. The van der Waals surface area contributed by atoms with Gasteiger partial charge in [-0.25, -0.2) is 0 Å². The first-order valence-corrected chi connectivity index (χ1v) is 15.9. The predicted molar refractivity (Wildman–Crippen MR) is 171 cm³/mol. The lowest BCUT2D eigenvalue weighted by atomic mass is 9.94. The van der Waals surface area contributed by atoms with Crippen molar-refractivity contribution >= 4 is 56.5 Å². The maximum atomic E-state index is 13.6. The van der Waals surface area contributed by atoms with Crippen LogP contribution in [0.5, 0.6) is 11.5 Å². The van der Waals surface area contributed by atoms with Crippen LogP contribution >= 0.6 is 23.1 Å². The number of benzene rings is 4. The van der Waals surface area contributed by atoms with Crippen molar-refractivity contribution < 1.29 is 24.2 Å². The quantitative estimate of drug-likeness (QED) is 0.0686. The van der Waals surface area contributed by atoms with Crippen LogP contribution in [-0.2, 0) is 21.8 Å². The van der Waals surface area contributed by atoms with Gasteiger partial charge in [-0.1, -0.05) is 77.7 Å². The highest BCUT2D eigenvalue weighted by molar-refractivity contribution is 8.00. The summed E-state index contributed by atoms with van der Waals surface area (Å²) >= 11 is 2.76. The molecule has 10 heteroatoms. The Morgan fingerprint density at radius 2 is 1.84 bits per heavy atom. The van der Waals surface area contributed by atoms with Crippen molar-refractivity contribution in [1.82, 2.24) is 10.2 Å². The molecular formula is C34H27N3O5S2. The molecule has 7 rings (SSSR count). The molecule has 1 amide bonds. The number of aliphatic hydroxyl groups is 1.